The van der Waals surface area contributed by atoms with E-state index in [1.165, 1.54) is 70.6 Å². The molecule has 0 bridgehead atoms. The molecular weight excluding hydrogens is 320 g/mol. The molecule has 2 atom stereocenters. The van der Waals surface area contributed by atoms with E-state index < -0.39 is 0 Å². The molecule has 0 aromatic heterocycles. The van der Waals surface area contributed by atoms with Crippen LogP contribution in [0.25, 0.3) is 0 Å². The minimum absolute atomic E-state index is 0.0358. The molecule has 2 nitrogen and oxygen atoms in total. The van der Waals surface area contributed by atoms with Crippen LogP contribution in [0.15, 0.2) is 0 Å². The number of hydrogen-bond acceptors (Lipinski definition) is 2. The zero-order chi connectivity index (χ0) is 19.5. The molecule has 2 unspecified atom stereocenters. The Morgan fingerprint density at radius 2 is 1.23 bits per heavy atom. The molecule has 0 aliphatic rings. The highest BCUT2D eigenvalue weighted by Gasteiger charge is 2.16. The lowest BCUT2D eigenvalue weighted by atomic mass is 9.96. The predicted octanol–water partition coefficient (Wildman–Crippen LogP) is 8.08. The molecule has 0 rings (SSSR count). The number of carbonyl (C=O) groups excluding carboxylic acids is 1. The van der Waals surface area contributed by atoms with E-state index in [2.05, 4.69) is 27.7 Å². The van der Waals surface area contributed by atoms with Crippen LogP contribution < -0.4 is 0 Å². The summed E-state index contributed by atoms with van der Waals surface area (Å²) in [5.74, 6) is 1.05. The average Bonchev–Trinajstić information content (AvgIpc) is 2.64. The summed E-state index contributed by atoms with van der Waals surface area (Å²) in [4.78, 5) is 12.0. The summed E-state index contributed by atoms with van der Waals surface area (Å²) in [6.07, 6.45) is 20.2. The van der Waals surface area contributed by atoms with Gasteiger partial charge >= 0.3 is 5.97 Å². The van der Waals surface area contributed by atoms with Gasteiger partial charge in [0, 0.05) is 0 Å². The molecule has 2 heteroatoms. The van der Waals surface area contributed by atoms with E-state index in [0.29, 0.717) is 6.61 Å². The zero-order valence-corrected chi connectivity index (χ0v) is 18.5. The van der Waals surface area contributed by atoms with Gasteiger partial charge in [0.2, 0.25) is 0 Å². The normalized spacial score (nSPS) is 13.5. The van der Waals surface area contributed by atoms with Crippen LogP contribution in [-0.4, -0.2) is 12.6 Å². The Morgan fingerprint density at radius 3 is 1.81 bits per heavy atom. The summed E-state index contributed by atoms with van der Waals surface area (Å²) in [6, 6.07) is 0. The van der Waals surface area contributed by atoms with Crippen molar-refractivity contribution in [3.8, 4) is 0 Å². The highest BCUT2D eigenvalue weighted by molar-refractivity contribution is 5.72. The van der Waals surface area contributed by atoms with Gasteiger partial charge in [-0.2, -0.15) is 0 Å². The van der Waals surface area contributed by atoms with Crippen molar-refractivity contribution in [2.45, 2.75) is 130 Å². The second-order valence-corrected chi connectivity index (χ2v) is 8.28. The molecule has 0 amide bonds. The molecule has 0 aromatic rings. The van der Waals surface area contributed by atoms with Crippen LogP contribution in [0.4, 0.5) is 0 Å². The summed E-state index contributed by atoms with van der Waals surface area (Å²) in [7, 11) is 0. The largest absolute Gasteiger partial charge is 0.465 e. The van der Waals surface area contributed by atoms with E-state index >= 15 is 0 Å². The van der Waals surface area contributed by atoms with Crippen molar-refractivity contribution in [2.24, 2.45) is 11.8 Å². The fourth-order valence-electron chi connectivity index (χ4n) is 3.60. The Kier molecular flexibility index (Phi) is 18.8. The molecule has 0 N–H and O–H groups in total. The van der Waals surface area contributed by atoms with Gasteiger partial charge in [-0.1, -0.05) is 111 Å². The van der Waals surface area contributed by atoms with Gasteiger partial charge in [0.15, 0.2) is 0 Å². The molecule has 0 fully saturated rings. The maximum Gasteiger partial charge on any atom is 0.308 e. The molecule has 0 aliphatic heterocycles. The molecule has 0 aliphatic carbocycles. The van der Waals surface area contributed by atoms with E-state index in [0.717, 1.165) is 38.0 Å². The number of ether oxygens (including phenoxy) is 1. The Morgan fingerprint density at radius 1 is 0.692 bits per heavy atom. The van der Waals surface area contributed by atoms with Gasteiger partial charge in [-0.15, -0.1) is 0 Å². The fraction of sp³-hybridized carbons (Fsp3) is 0.958. The Hall–Kier alpha value is -0.530. The number of esters is 1. The van der Waals surface area contributed by atoms with Gasteiger partial charge in [0.1, 0.15) is 0 Å². The van der Waals surface area contributed by atoms with Crippen LogP contribution >= 0.6 is 0 Å². The molecule has 0 aromatic carbocycles. The third kappa shape index (κ3) is 15.7. The third-order valence-corrected chi connectivity index (χ3v) is 5.62. The lowest BCUT2D eigenvalue weighted by Crippen LogP contribution is -2.17. The molecule has 0 saturated heterocycles. The molecule has 0 radical (unpaired) electrons. The van der Waals surface area contributed by atoms with E-state index in [4.69, 9.17) is 4.74 Å². The lowest BCUT2D eigenvalue weighted by molar-refractivity contribution is -0.149. The molecular formula is C24H48O2. The Bertz CT molecular complexity index is 301. The Balaban J connectivity index is 3.43. The first-order valence-corrected chi connectivity index (χ1v) is 11.8. The van der Waals surface area contributed by atoms with Gasteiger partial charge in [-0.3, -0.25) is 4.79 Å². The van der Waals surface area contributed by atoms with Crippen LogP contribution in [0.3, 0.4) is 0 Å². The minimum atomic E-state index is 0.0358. The lowest BCUT2D eigenvalue weighted by Gasteiger charge is -2.13. The molecule has 0 saturated carbocycles. The second kappa shape index (κ2) is 19.2. The van der Waals surface area contributed by atoms with E-state index in [1.807, 2.05) is 0 Å². The van der Waals surface area contributed by atoms with Crippen molar-refractivity contribution >= 4 is 5.97 Å². The molecule has 0 heterocycles. The van der Waals surface area contributed by atoms with Crippen molar-refractivity contribution < 1.29 is 9.53 Å². The van der Waals surface area contributed by atoms with Gasteiger partial charge in [0.25, 0.3) is 0 Å². The first-order chi connectivity index (χ1) is 12.7. The number of rotatable bonds is 19. The SMILES string of the molecule is CCCCCCCC(C)CCCCCCCOC(=O)C(CC)CCCC. The van der Waals surface area contributed by atoms with Crippen molar-refractivity contribution in [2.75, 3.05) is 6.61 Å². The van der Waals surface area contributed by atoms with E-state index in [9.17, 15) is 4.79 Å². The number of unbranched alkanes of at least 4 members (excludes halogenated alkanes) is 9. The van der Waals surface area contributed by atoms with E-state index in [-0.39, 0.29) is 11.9 Å². The fourth-order valence-corrected chi connectivity index (χ4v) is 3.60. The summed E-state index contributed by atoms with van der Waals surface area (Å²) in [5, 5.41) is 0. The zero-order valence-electron chi connectivity index (χ0n) is 18.5. The van der Waals surface area contributed by atoms with Crippen LogP contribution in [0.1, 0.15) is 130 Å². The van der Waals surface area contributed by atoms with Crippen molar-refractivity contribution in [3.05, 3.63) is 0 Å². The van der Waals surface area contributed by atoms with Gasteiger partial charge < -0.3 is 4.74 Å². The van der Waals surface area contributed by atoms with Gasteiger partial charge in [-0.05, 0) is 25.2 Å². The van der Waals surface area contributed by atoms with Gasteiger partial charge in [-0.25, -0.2) is 0 Å². The Labute approximate surface area is 164 Å². The maximum absolute atomic E-state index is 12.0. The predicted molar refractivity (Wildman–Crippen MR) is 115 cm³/mol. The smallest absolute Gasteiger partial charge is 0.308 e. The summed E-state index contributed by atoms with van der Waals surface area (Å²) in [5.41, 5.74) is 0. The highest BCUT2D eigenvalue weighted by atomic mass is 16.5. The maximum atomic E-state index is 12.0. The van der Waals surface area contributed by atoms with Crippen molar-refractivity contribution in [1.29, 1.82) is 0 Å². The average molecular weight is 369 g/mol. The summed E-state index contributed by atoms with van der Waals surface area (Å²) < 4.78 is 5.47. The molecule has 26 heavy (non-hydrogen) atoms. The van der Waals surface area contributed by atoms with Crippen LogP contribution in [-0.2, 0) is 9.53 Å². The number of hydrogen-bond donors (Lipinski definition) is 0. The third-order valence-electron chi connectivity index (χ3n) is 5.62. The van der Waals surface area contributed by atoms with Crippen LogP contribution in [0.5, 0.6) is 0 Å². The quantitative estimate of drug-likeness (QED) is 0.170. The standard InChI is InChI=1S/C24H48O2/c1-5-8-10-12-15-18-22(4)19-16-13-11-14-17-21-26-24(25)23(7-3)20-9-6-2/h22-23H,5-21H2,1-4H3. The molecule has 0 spiro atoms. The first kappa shape index (κ1) is 25.5. The summed E-state index contributed by atoms with van der Waals surface area (Å²) >= 11 is 0. The molecule has 156 valence electrons. The first-order valence-electron chi connectivity index (χ1n) is 11.8. The van der Waals surface area contributed by atoms with Crippen LogP contribution in [0.2, 0.25) is 0 Å². The monoisotopic (exact) mass is 368 g/mol. The highest BCUT2D eigenvalue weighted by Crippen LogP contribution is 2.18. The topological polar surface area (TPSA) is 26.3 Å². The van der Waals surface area contributed by atoms with Gasteiger partial charge in [0.05, 0.1) is 12.5 Å². The van der Waals surface area contributed by atoms with Crippen molar-refractivity contribution in [1.82, 2.24) is 0 Å². The van der Waals surface area contributed by atoms with Crippen molar-refractivity contribution in [3.63, 3.8) is 0 Å². The van der Waals surface area contributed by atoms with E-state index in [1.54, 1.807) is 0 Å². The van der Waals surface area contributed by atoms with Crippen LogP contribution in [0, 0.1) is 11.8 Å². The number of carbonyl (C=O) groups is 1. The second-order valence-electron chi connectivity index (χ2n) is 8.28. The summed E-state index contributed by atoms with van der Waals surface area (Å²) in [6.45, 7) is 9.58. The minimum Gasteiger partial charge on any atom is -0.465 e.